The van der Waals surface area contributed by atoms with Crippen LogP contribution in [-0.4, -0.2) is 37.2 Å². The zero-order valence-electron chi connectivity index (χ0n) is 11.3. The number of carbonyl (C=O) groups excluding carboxylic acids is 1. The SMILES string of the molecule is CN(CC(=O)Nc1ccc(Cl)cn1)S(=O)(=O)c1ccc(Cl)s1. The summed E-state index contributed by atoms with van der Waals surface area (Å²) in [6.07, 6.45) is 1.38. The molecule has 0 fully saturated rings. The second kappa shape index (κ2) is 6.93. The van der Waals surface area contributed by atoms with Crippen LogP contribution in [0.25, 0.3) is 0 Å². The van der Waals surface area contributed by atoms with Crippen molar-refractivity contribution >= 4 is 56.3 Å². The third kappa shape index (κ3) is 4.17. The Kier molecular flexibility index (Phi) is 5.41. The number of pyridine rings is 1. The molecule has 10 heteroatoms. The van der Waals surface area contributed by atoms with Gasteiger partial charge in [-0.1, -0.05) is 23.2 Å². The van der Waals surface area contributed by atoms with Crippen molar-refractivity contribution in [3.8, 4) is 0 Å². The fourth-order valence-corrected chi connectivity index (χ4v) is 4.44. The number of hydrogen-bond acceptors (Lipinski definition) is 5. The van der Waals surface area contributed by atoms with E-state index in [1.54, 1.807) is 6.07 Å². The molecule has 1 amide bonds. The molecule has 0 bridgehead atoms. The Morgan fingerprint density at radius 1 is 1.32 bits per heavy atom. The van der Waals surface area contributed by atoms with Gasteiger partial charge in [0.25, 0.3) is 10.0 Å². The summed E-state index contributed by atoms with van der Waals surface area (Å²) in [6.45, 7) is -0.345. The number of amides is 1. The number of nitrogens with zero attached hydrogens (tertiary/aromatic N) is 2. The van der Waals surface area contributed by atoms with Crippen LogP contribution in [-0.2, 0) is 14.8 Å². The topological polar surface area (TPSA) is 79.4 Å². The van der Waals surface area contributed by atoms with Crippen molar-refractivity contribution in [1.82, 2.24) is 9.29 Å². The minimum absolute atomic E-state index is 0.0809. The van der Waals surface area contributed by atoms with Gasteiger partial charge < -0.3 is 5.32 Å². The molecule has 22 heavy (non-hydrogen) atoms. The van der Waals surface area contributed by atoms with Gasteiger partial charge in [-0.2, -0.15) is 4.31 Å². The Morgan fingerprint density at radius 2 is 2.05 bits per heavy atom. The average molecular weight is 380 g/mol. The number of likely N-dealkylation sites (N-methyl/N-ethyl adjacent to an activating group) is 1. The van der Waals surface area contributed by atoms with Gasteiger partial charge in [-0.25, -0.2) is 13.4 Å². The maximum atomic E-state index is 12.2. The van der Waals surface area contributed by atoms with E-state index in [0.717, 1.165) is 15.6 Å². The molecular formula is C12H11Cl2N3O3S2. The highest BCUT2D eigenvalue weighted by Gasteiger charge is 2.24. The molecule has 0 atom stereocenters. The van der Waals surface area contributed by atoms with Gasteiger partial charge >= 0.3 is 0 Å². The van der Waals surface area contributed by atoms with E-state index < -0.39 is 15.9 Å². The lowest BCUT2D eigenvalue weighted by Crippen LogP contribution is -2.34. The number of nitrogens with one attached hydrogen (secondary N) is 1. The molecule has 2 heterocycles. The maximum absolute atomic E-state index is 12.2. The summed E-state index contributed by atoms with van der Waals surface area (Å²) in [7, 11) is -2.43. The monoisotopic (exact) mass is 379 g/mol. The smallest absolute Gasteiger partial charge is 0.252 e. The number of thiophene rings is 1. The van der Waals surface area contributed by atoms with Crippen LogP contribution in [0.2, 0.25) is 9.36 Å². The predicted molar refractivity (Wildman–Crippen MR) is 87.0 cm³/mol. The number of aromatic nitrogens is 1. The molecule has 0 saturated heterocycles. The van der Waals surface area contributed by atoms with Crippen LogP contribution in [0.1, 0.15) is 0 Å². The number of carbonyl (C=O) groups is 1. The zero-order valence-corrected chi connectivity index (χ0v) is 14.4. The van der Waals surface area contributed by atoms with Crippen LogP contribution in [0, 0.1) is 0 Å². The van der Waals surface area contributed by atoms with Crippen molar-refractivity contribution in [2.45, 2.75) is 4.21 Å². The van der Waals surface area contributed by atoms with Gasteiger partial charge in [-0.05, 0) is 24.3 Å². The normalized spacial score (nSPS) is 11.6. The van der Waals surface area contributed by atoms with Crippen molar-refractivity contribution < 1.29 is 13.2 Å². The first-order valence-electron chi connectivity index (χ1n) is 5.92. The Bertz CT molecular complexity index is 775. The number of rotatable bonds is 5. The molecular weight excluding hydrogens is 369 g/mol. The van der Waals surface area contributed by atoms with Gasteiger partial charge in [0.2, 0.25) is 5.91 Å². The number of hydrogen-bond donors (Lipinski definition) is 1. The van der Waals surface area contributed by atoms with E-state index in [-0.39, 0.29) is 10.8 Å². The van der Waals surface area contributed by atoms with Crippen LogP contribution in [0.15, 0.2) is 34.7 Å². The first-order chi connectivity index (χ1) is 10.3. The molecule has 0 saturated carbocycles. The quantitative estimate of drug-likeness (QED) is 0.865. The van der Waals surface area contributed by atoms with Gasteiger partial charge in [0.15, 0.2) is 0 Å². The summed E-state index contributed by atoms with van der Waals surface area (Å²) in [4.78, 5) is 15.8. The van der Waals surface area contributed by atoms with E-state index >= 15 is 0 Å². The lowest BCUT2D eigenvalue weighted by Gasteiger charge is -2.15. The summed E-state index contributed by atoms with van der Waals surface area (Å²) in [5, 5.41) is 2.93. The molecule has 0 unspecified atom stereocenters. The summed E-state index contributed by atoms with van der Waals surface area (Å²) in [5.41, 5.74) is 0. The first-order valence-corrected chi connectivity index (χ1v) is 8.93. The van der Waals surface area contributed by atoms with Crippen molar-refractivity contribution in [3.63, 3.8) is 0 Å². The lowest BCUT2D eigenvalue weighted by molar-refractivity contribution is -0.116. The number of sulfonamides is 1. The molecule has 0 spiro atoms. The van der Waals surface area contributed by atoms with E-state index in [1.165, 1.54) is 31.4 Å². The Morgan fingerprint density at radius 3 is 2.59 bits per heavy atom. The van der Waals surface area contributed by atoms with Crippen molar-refractivity contribution in [3.05, 3.63) is 39.8 Å². The standard InChI is InChI=1S/C12H11Cl2N3O3S2/c1-17(22(19,20)12-5-3-9(14)21-12)7-11(18)16-10-4-2-8(13)6-15-10/h2-6H,7H2,1H3,(H,15,16,18). The third-order valence-corrected chi connectivity index (χ3v) is 6.30. The summed E-state index contributed by atoms with van der Waals surface area (Å²) in [5.74, 6) is -0.220. The second-order valence-electron chi connectivity index (χ2n) is 4.23. The number of halogens is 2. The van der Waals surface area contributed by atoms with E-state index in [2.05, 4.69) is 10.3 Å². The van der Waals surface area contributed by atoms with E-state index in [1.807, 2.05) is 0 Å². The lowest BCUT2D eigenvalue weighted by atomic mass is 10.4. The van der Waals surface area contributed by atoms with Crippen LogP contribution in [0.4, 0.5) is 5.82 Å². The highest BCUT2D eigenvalue weighted by molar-refractivity contribution is 7.91. The molecule has 0 aliphatic carbocycles. The third-order valence-electron chi connectivity index (χ3n) is 2.57. The van der Waals surface area contributed by atoms with Gasteiger partial charge in [0.05, 0.1) is 15.9 Å². The van der Waals surface area contributed by atoms with Gasteiger partial charge in [0.1, 0.15) is 10.0 Å². The Balaban J connectivity index is 2.03. The van der Waals surface area contributed by atoms with Crippen LogP contribution in [0.5, 0.6) is 0 Å². The summed E-state index contributed by atoms with van der Waals surface area (Å²) >= 11 is 12.4. The maximum Gasteiger partial charge on any atom is 0.252 e. The van der Waals surface area contributed by atoms with E-state index in [0.29, 0.717) is 15.2 Å². The fraction of sp³-hybridized carbons (Fsp3) is 0.167. The Hall–Kier alpha value is -1.19. The predicted octanol–water partition coefficient (Wildman–Crippen LogP) is 2.71. The number of anilines is 1. The molecule has 0 aliphatic rings. The van der Waals surface area contributed by atoms with Crippen molar-refractivity contribution in [1.29, 1.82) is 0 Å². The first kappa shape index (κ1) is 17.2. The molecule has 2 aromatic heterocycles. The van der Waals surface area contributed by atoms with Gasteiger partial charge in [0, 0.05) is 13.2 Å². The van der Waals surface area contributed by atoms with Gasteiger partial charge in [-0.3, -0.25) is 4.79 Å². The van der Waals surface area contributed by atoms with Gasteiger partial charge in [-0.15, -0.1) is 11.3 Å². The summed E-state index contributed by atoms with van der Waals surface area (Å²) in [6, 6.07) is 5.98. The molecule has 2 rings (SSSR count). The molecule has 2 aromatic rings. The molecule has 1 N–H and O–H groups in total. The second-order valence-corrected chi connectivity index (χ2v) is 8.65. The molecule has 6 nitrogen and oxygen atoms in total. The minimum Gasteiger partial charge on any atom is -0.310 e. The highest BCUT2D eigenvalue weighted by atomic mass is 35.5. The molecule has 0 aromatic carbocycles. The summed E-state index contributed by atoms with van der Waals surface area (Å²) < 4.78 is 25.9. The molecule has 0 aliphatic heterocycles. The van der Waals surface area contributed by atoms with Crippen LogP contribution < -0.4 is 5.32 Å². The Labute approximate surface area is 141 Å². The largest absolute Gasteiger partial charge is 0.310 e. The molecule has 118 valence electrons. The molecule has 0 radical (unpaired) electrons. The van der Waals surface area contributed by atoms with E-state index in [9.17, 15) is 13.2 Å². The minimum atomic E-state index is -3.75. The fourth-order valence-electron chi connectivity index (χ4n) is 1.51. The van der Waals surface area contributed by atoms with E-state index in [4.69, 9.17) is 23.2 Å². The zero-order chi connectivity index (χ0) is 16.3. The van der Waals surface area contributed by atoms with Crippen LogP contribution in [0.3, 0.4) is 0 Å². The highest BCUT2D eigenvalue weighted by Crippen LogP contribution is 2.27. The van der Waals surface area contributed by atoms with Crippen molar-refractivity contribution in [2.75, 3.05) is 18.9 Å². The average Bonchev–Trinajstić information content (AvgIpc) is 2.88. The van der Waals surface area contributed by atoms with Crippen LogP contribution >= 0.6 is 34.5 Å². The van der Waals surface area contributed by atoms with Crippen molar-refractivity contribution in [2.24, 2.45) is 0 Å².